The van der Waals surface area contributed by atoms with Crippen molar-refractivity contribution in [1.29, 1.82) is 0 Å². The van der Waals surface area contributed by atoms with Crippen molar-refractivity contribution in [2.24, 2.45) is 0 Å². The Kier molecular flexibility index (Phi) is 1.51. The molecule has 0 spiro atoms. The molecule has 0 aliphatic rings. The molecular formula is C8H8N4. The second kappa shape index (κ2) is 2.65. The van der Waals surface area contributed by atoms with Gasteiger partial charge in [-0.3, -0.25) is 0 Å². The topological polar surface area (TPSA) is 67.6 Å². The lowest BCUT2D eigenvalue weighted by Crippen LogP contribution is -1.94. The molecule has 0 fully saturated rings. The summed E-state index contributed by atoms with van der Waals surface area (Å²) >= 11 is 0. The van der Waals surface area contributed by atoms with Gasteiger partial charge in [0.1, 0.15) is 0 Å². The highest BCUT2D eigenvalue weighted by atomic mass is 15.0. The van der Waals surface area contributed by atoms with E-state index in [0.29, 0.717) is 5.95 Å². The van der Waals surface area contributed by atoms with Crippen LogP contribution in [0, 0.1) is 0 Å². The van der Waals surface area contributed by atoms with Gasteiger partial charge >= 0.3 is 0 Å². The highest BCUT2D eigenvalue weighted by Gasteiger charge is 1.98. The third kappa shape index (κ3) is 1.14. The molecule has 3 N–H and O–H groups in total. The minimum atomic E-state index is 0.300. The van der Waals surface area contributed by atoms with Crippen LogP contribution in [0.3, 0.4) is 0 Å². The normalized spacial score (nSPS) is 10.0. The highest BCUT2D eigenvalue weighted by molar-refractivity contribution is 5.58. The molecule has 2 aromatic rings. The third-order valence-electron chi connectivity index (χ3n) is 1.57. The van der Waals surface area contributed by atoms with E-state index in [4.69, 9.17) is 5.73 Å². The summed E-state index contributed by atoms with van der Waals surface area (Å²) in [6.07, 6.45) is 5.35. The number of aromatic nitrogens is 3. The average molecular weight is 160 g/mol. The Labute approximate surface area is 69.5 Å². The van der Waals surface area contributed by atoms with Gasteiger partial charge in [-0.05, 0) is 12.1 Å². The zero-order chi connectivity index (χ0) is 8.39. The van der Waals surface area contributed by atoms with Crippen LogP contribution in [-0.4, -0.2) is 15.0 Å². The summed E-state index contributed by atoms with van der Waals surface area (Å²) in [6.45, 7) is 0. The molecule has 4 nitrogen and oxygen atoms in total. The van der Waals surface area contributed by atoms with Gasteiger partial charge < -0.3 is 10.7 Å². The van der Waals surface area contributed by atoms with Crippen LogP contribution in [0.15, 0.2) is 30.7 Å². The Bertz CT molecular complexity index is 366. The molecule has 2 heterocycles. The largest absolute Gasteiger partial charge is 0.368 e. The molecule has 0 aromatic carbocycles. The number of anilines is 1. The van der Waals surface area contributed by atoms with Crippen molar-refractivity contribution in [3.05, 3.63) is 30.7 Å². The monoisotopic (exact) mass is 160 g/mol. The predicted molar refractivity (Wildman–Crippen MR) is 46.2 cm³/mol. The second-order valence-electron chi connectivity index (χ2n) is 2.40. The summed E-state index contributed by atoms with van der Waals surface area (Å²) in [6, 6.07) is 3.75. The highest BCUT2D eigenvalue weighted by Crippen LogP contribution is 2.14. The Balaban J connectivity index is 2.48. The minimum Gasteiger partial charge on any atom is -0.368 e. The van der Waals surface area contributed by atoms with E-state index in [-0.39, 0.29) is 0 Å². The lowest BCUT2D eigenvalue weighted by Gasteiger charge is -1.95. The Morgan fingerprint density at radius 1 is 1.33 bits per heavy atom. The van der Waals surface area contributed by atoms with Gasteiger partial charge in [-0.1, -0.05) is 0 Å². The van der Waals surface area contributed by atoms with E-state index in [2.05, 4.69) is 15.0 Å². The van der Waals surface area contributed by atoms with Crippen LogP contribution in [-0.2, 0) is 0 Å². The van der Waals surface area contributed by atoms with Crippen LogP contribution < -0.4 is 5.73 Å². The Morgan fingerprint density at radius 2 is 2.25 bits per heavy atom. The van der Waals surface area contributed by atoms with Crippen molar-refractivity contribution in [2.45, 2.75) is 0 Å². The number of aromatic amines is 1. The van der Waals surface area contributed by atoms with Gasteiger partial charge in [-0.25, -0.2) is 9.97 Å². The summed E-state index contributed by atoms with van der Waals surface area (Å²) in [4.78, 5) is 10.8. The first-order valence-electron chi connectivity index (χ1n) is 3.58. The molecule has 0 saturated heterocycles. The summed E-state index contributed by atoms with van der Waals surface area (Å²) in [5.41, 5.74) is 7.29. The number of hydrogen-bond acceptors (Lipinski definition) is 3. The molecule has 0 atom stereocenters. The maximum Gasteiger partial charge on any atom is 0.220 e. The first kappa shape index (κ1) is 6.84. The smallest absolute Gasteiger partial charge is 0.220 e. The number of H-pyrrole nitrogens is 1. The molecule has 0 unspecified atom stereocenters. The molecular weight excluding hydrogens is 152 g/mol. The van der Waals surface area contributed by atoms with Crippen LogP contribution >= 0.6 is 0 Å². The fourth-order valence-electron chi connectivity index (χ4n) is 1.02. The van der Waals surface area contributed by atoms with E-state index in [0.717, 1.165) is 11.3 Å². The maximum absolute atomic E-state index is 5.43. The van der Waals surface area contributed by atoms with Gasteiger partial charge in [0.05, 0.1) is 5.69 Å². The molecule has 0 aliphatic heterocycles. The molecule has 12 heavy (non-hydrogen) atoms. The predicted octanol–water partition coefficient (Wildman–Crippen LogP) is 1.05. The van der Waals surface area contributed by atoms with Gasteiger partial charge in [0.15, 0.2) is 0 Å². The van der Waals surface area contributed by atoms with Crippen molar-refractivity contribution in [2.75, 3.05) is 5.73 Å². The van der Waals surface area contributed by atoms with Gasteiger partial charge in [0.25, 0.3) is 0 Å². The number of nitrogens with zero attached hydrogens (tertiary/aromatic N) is 2. The summed E-state index contributed by atoms with van der Waals surface area (Å²) < 4.78 is 0. The van der Waals surface area contributed by atoms with Gasteiger partial charge in [0, 0.05) is 24.2 Å². The first-order valence-corrected chi connectivity index (χ1v) is 3.58. The summed E-state index contributed by atoms with van der Waals surface area (Å²) in [5.74, 6) is 0.300. The lowest BCUT2D eigenvalue weighted by atomic mass is 10.2. The van der Waals surface area contributed by atoms with Crippen LogP contribution in [0.1, 0.15) is 0 Å². The van der Waals surface area contributed by atoms with Crippen molar-refractivity contribution in [1.82, 2.24) is 15.0 Å². The molecule has 4 heteroatoms. The number of rotatable bonds is 1. The molecule has 0 amide bonds. The molecule has 0 bridgehead atoms. The van der Waals surface area contributed by atoms with E-state index < -0.39 is 0 Å². The molecule has 2 rings (SSSR count). The lowest BCUT2D eigenvalue weighted by molar-refractivity contribution is 1.19. The first-order chi connectivity index (χ1) is 5.86. The standard InChI is InChI=1S/C8H8N4/c9-8-11-4-2-7(12-8)6-1-3-10-5-6/h1-5,10H,(H2,9,11,12). The molecule has 60 valence electrons. The number of hydrogen-bond donors (Lipinski definition) is 2. The molecule has 0 saturated carbocycles. The van der Waals surface area contributed by atoms with Gasteiger partial charge in [-0.2, -0.15) is 0 Å². The second-order valence-corrected chi connectivity index (χ2v) is 2.40. The quantitative estimate of drug-likeness (QED) is 0.655. The SMILES string of the molecule is Nc1nccc(-c2cc[nH]c2)n1. The van der Waals surface area contributed by atoms with E-state index in [1.54, 1.807) is 6.20 Å². The van der Waals surface area contributed by atoms with Crippen molar-refractivity contribution in [3.63, 3.8) is 0 Å². The van der Waals surface area contributed by atoms with Gasteiger partial charge in [0.2, 0.25) is 5.95 Å². The van der Waals surface area contributed by atoms with E-state index in [1.165, 1.54) is 0 Å². The van der Waals surface area contributed by atoms with E-state index >= 15 is 0 Å². The van der Waals surface area contributed by atoms with Crippen LogP contribution in [0.4, 0.5) is 5.95 Å². The Morgan fingerprint density at radius 3 is 2.92 bits per heavy atom. The third-order valence-corrected chi connectivity index (χ3v) is 1.57. The average Bonchev–Trinajstić information content (AvgIpc) is 2.56. The fraction of sp³-hybridized carbons (Fsp3) is 0. The Hall–Kier alpha value is -1.84. The molecule has 0 radical (unpaired) electrons. The zero-order valence-corrected chi connectivity index (χ0v) is 6.36. The van der Waals surface area contributed by atoms with Crippen LogP contribution in [0.25, 0.3) is 11.3 Å². The molecule has 2 aromatic heterocycles. The number of nitrogens with two attached hydrogens (primary N) is 1. The van der Waals surface area contributed by atoms with Crippen molar-refractivity contribution < 1.29 is 0 Å². The maximum atomic E-state index is 5.43. The summed E-state index contributed by atoms with van der Waals surface area (Å²) in [5, 5.41) is 0. The summed E-state index contributed by atoms with van der Waals surface area (Å²) in [7, 11) is 0. The van der Waals surface area contributed by atoms with Crippen molar-refractivity contribution >= 4 is 5.95 Å². The number of nitrogens with one attached hydrogen (secondary N) is 1. The van der Waals surface area contributed by atoms with Crippen LogP contribution in [0.2, 0.25) is 0 Å². The van der Waals surface area contributed by atoms with E-state index in [9.17, 15) is 0 Å². The molecule has 0 aliphatic carbocycles. The fourth-order valence-corrected chi connectivity index (χ4v) is 1.02. The number of nitrogen functional groups attached to an aromatic ring is 1. The minimum absolute atomic E-state index is 0.300. The van der Waals surface area contributed by atoms with E-state index in [1.807, 2.05) is 24.5 Å². The van der Waals surface area contributed by atoms with Crippen molar-refractivity contribution in [3.8, 4) is 11.3 Å². The van der Waals surface area contributed by atoms with Crippen LogP contribution in [0.5, 0.6) is 0 Å². The zero-order valence-electron chi connectivity index (χ0n) is 6.36. The van der Waals surface area contributed by atoms with Gasteiger partial charge in [-0.15, -0.1) is 0 Å².